The predicted octanol–water partition coefficient (Wildman–Crippen LogP) is -2.38. The molecule has 1 heterocycles. The van der Waals surface area contributed by atoms with Crippen molar-refractivity contribution in [2.75, 3.05) is 0 Å². The lowest BCUT2D eigenvalue weighted by Gasteiger charge is -2.21. The summed E-state index contributed by atoms with van der Waals surface area (Å²) in [7, 11) is 0. The molecule has 11 heteroatoms. The fourth-order valence-electron chi connectivity index (χ4n) is 1.91. The quantitative estimate of drug-likeness (QED) is 0.270. The van der Waals surface area contributed by atoms with Crippen LogP contribution in [-0.2, 0) is 25.6 Å². The Balaban J connectivity index is 2.76. The van der Waals surface area contributed by atoms with Crippen LogP contribution in [0.1, 0.15) is 25.5 Å². The highest BCUT2D eigenvalue weighted by Gasteiger charge is 2.27. The summed E-state index contributed by atoms with van der Waals surface area (Å²) in [4.78, 5) is 52.6. The number of nitrogens with two attached hydrogens (primary N) is 2. The Hall–Kier alpha value is -2.95. The molecule has 0 fully saturated rings. The van der Waals surface area contributed by atoms with Crippen molar-refractivity contribution in [1.82, 2.24) is 20.6 Å². The lowest BCUT2D eigenvalue weighted by atomic mass is 10.1. The molecule has 25 heavy (non-hydrogen) atoms. The molecule has 0 aliphatic rings. The number of carbonyl (C=O) groups excluding carboxylic acids is 3. The summed E-state index contributed by atoms with van der Waals surface area (Å²) in [5, 5.41) is 13.6. The van der Waals surface area contributed by atoms with Gasteiger partial charge in [0.2, 0.25) is 17.7 Å². The van der Waals surface area contributed by atoms with Gasteiger partial charge in [-0.25, -0.2) is 4.98 Å². The van der Waals surface area contributed by atoms with Gasteiger partial charge >= 0.3 is 5.97 Å². The van der Waals surface area contributed by atoms with Gasteiger partial charge in [-0.3, -0.25) is 19.2 Å². The molecule has 0 saturated carbocycles. The molecule has 0 aromatic carbocycles. The second-order valence-corrected chi connectivity index (χ2v) is 5.52. The van der Waals surface area contributed by atoms with Gasteiger partial charge < -0.3 is 32.2 Å². The highest BCUT2D eigenvalue weighted by molar-refractivity contribution is 5.92. The van der Waals surface area contributed by atoms with E-state index in [1.165, 1.54) is 19.4 Å². The molecule has 138 valence electrons. The number of amides is 3. The number of carbonyl (C=O) groups is 4. The second kappa shape index (κ2) is 9.37. The minimum absolute atomic E-state index is 0.0328. The summed E-state index contributed by atoms with van der Waals surface area (Å²) >= 11 is 0. The number of hydrogen-bond donors (Lipinski definition) is 6. The maximum absolute atomic E-state index is 12.3. The molecule has 0 unspecified atom stereocenters. The molecule has 8 N–H and O–H groups in total. The highest BCUT2D eigenvalue weighted by Crippen LogP contribution is 2.02. The van der Waals surface area contributed by atoms with Gasteiger partial charge in [0, 0.05) is 24.7 Å². The van der Waals surface area contributed by atoms with Gasteiger partial charge in [0.1, 0.15) is 12.1 Å². The van der Waals surface area contributed by atoms with Gasteiger partial charge in [0.15, 0.2) is 0 Å². The summed E-state index contributed by atoms with van der Waals surface area (Å²) in [5.74, 6) is -3.13. The molecule has 3 atom stereocenters. The third-order valence-corrected chi connectivity index (χ3v) is 3.38. The molecule has 1 aromatic rings. The van der Waals surface area contributed by atoms with Crippen LogP contribution in [0.4, 0.5) is 0 Å². The van der Waals surface area contributed by atoms with Crippen LogP contribution in [0.25, 0.3) is 0 Å². The number of nitrogens with one attached hydrogen (secondary N) is 3. The van der Waals surface area contributed by atoms with E-state index in [2.05, 4.69) is 20.6 Å². The topological polar surface area (TPSA) is 193 Å². The van der Waals surface area contributed by atoms with Crippen molar-refractivity contribution in [2.24, 2.45) is 11.5 Å². The SMILES string of the molecule is C[C@H](NC(=O)[C@H](Cc1cnc[nH]1)NC(=O)[C@@H](N)CCC(N)=O)C(=O)O. The van der Waals surface area contributed by atoms with E-state index in [1.54, 1.807) is 0 Å². The first-order valence-corrected chi connectivity index (χ1v) is 7.55. The van der Waals surface area contributed by atoms with Crippen molar-refractivity contribution >= 4 is 23.7 Å². The first kappa shape index (κ1) is 20.1. The number of primary amides is 1. The maximum Gasteiger partial charge on any atom is 0.325 e. The Morgan fingerprint density at radius 1 is 1.28 bits per heavy atom. The number of H-pyrrole nitrogens is 1. The molecular weight excluding hydrogens is 332 g/mol. The monoisotopic (exact) mass is 354 g/mol. The van der Waals surface area contributed by atoms with Gasteiger partial charge in [0.05, 0.1) is 12.4 Å². The van der Waals surface area contributed by atoms with Crippen molar-refractivity contribution in [3.63, 3.8) is 0 Å². The molecule has 0 spiro atoms. The predicted molar refractivity (Wildman–Crippen MR) is 85.9 cm³/mol. The number of imidazole rings is 1. The Morgan fingerprint density at radius 2 is 1.96 bits per heavy atom. The number of carboxylic acids is 1. The molecule has 3 amide bonds. The number of hydrogen-bond acceptors (Lipinski definition) is 6. The smallest absolute Gasteiger partial charge is 0.325 e. The number of aromatic nitrogens is 2. The molecule has 0 saturated heterocycles. The Labute approximate surface area is 143 Å². The normalized spacial score (nSPS) is 14.2. The standard InChI is InChI=1S/C14H22N6O5/c1-7(14(24)25)19-13(23)10(4-8-5-17-6-18-8)20-12(22)9(15)2-3-11(16)21/h5-7,9-10H,2-4,15H2,1H3,(H2,16,21)(H,17,18)(H,19,23)(H,20,22)(H,24,25)/t7-,9-,10-/m0/s1. The van der Waals surface area contributed by atoms with Crippen LogP contribution in [0.5, 0.6) is 0 Å². The minimum Gasteiger partial charge on any atom is -0.480 e. The van der Waals surface area contributed by atoms with Crippen molar-refractivity contribution in [3.05, 3.63) is 18.2 Å². The molecule has 11 nitrogen and oxygen atoms in total. The molecule has 0 aliphatic heterocycles. The fraction of sp³-hybridized carbons (Fsp3) is 0.500. The molecule has 1 rings (SSSR count). The summed E-state index contributed by atoms with van der Waals surface area (Å²) in [6.07, 6.45) is 2.91. The first-order chi connectivity index (χ1) is 11.7. The average molecular weight is 354 g/mol. The Morgan fingerprint density at radius 3 is 2.48 bits per heavy atom. The van der Waals surface area contributed by atoms with Crippen LogP contribution in [0.2, 0.25) is 0 Å². The summed E-state index contributed by atoms with van der Waals surface area (Å²) in [5.41, 5.74) is 11.2. The second-order valence-electron chi connectivity index (χ2n) is 5.52. The third kappa shape index (κ3) is 6.99. The zero-order chi connectivity index (χ0) is 19.0. The molecule has 0 aliphatic carbocycles. The van der Waals surface area contributed by atoms with Crippen LogP contribution in [0.15, 0.2) is 12.5 Å². The highest BCUT2D eigenvalue weighted by atomic mass is 16.4. The van der Waals surface area contributed by atoms with Crippen LogP contribution in [-0.4, -0.2) is 56.9 Å². The summed E-state index contributed by atoms with van der Waals surface area (Å²) in [6, 6.07) is -3.21. The zero-order valence-corrected chi connectivity index (χ0v) is 13.7. The summed E-state index contributed by atoms with van der Waals surface area (Å²) in [6.45, 7) is 1.30. The number of aromatic amines is 1. The fourth-order valence-corrected chi connectivity index (χ4v) is 1.91. The molecular formula is C14H22N6O5. The van der Waals surface area contributed by atoms with Gasteiger partial charge in [0.25, 0.3) is 0 Å². The van der Waals surface area contributed by atoms with E-state index in [-0.39, 0.29) is 19.3 Å². The van der Waals surface area contributed by atoms with E-state index in [0.717, 1.165) is 0 Å². The third-order valence-electron chi connectivity index (χ3n) is 3.38. The lowest BCUT2D eigenvalue weighted by molar-refractivity contribution is -0.141. The van der Waals surface area contributed by atoms with Gasteiger partial charge in [-0.05, 0) is 13.3 Å². The number of rotatable bonds is 10. The zero-order valence-electron chi connectivity index (χ0n) is 13.7. The number of aliphatic carboxylic acids is 1. The van der Waals surface area contributed by atoms with Crippen molar-refractivity contribution in [2.45, 2.75) is 44.3 Å². The van der Waals surface area contributed by atoms with Crippen LogP contribution in [0.3, 0.4) is 0 Å². The van der Waals surface area contributed by atoms with E-state index < -0.39 is 41.8 Å². The van der Waals surface area contributed by atoms with Crippen molar-refractivity contribution in [3.8, 4) is 0 Å². The Kier molecular flexibility index (Phi) is 7.53. The largest absolute Gasteiger partial charge is 0.480 e. The minimum atomic E-state index is -1.21. The van der Waals surface area contributed by atoms with Crippen LogP contribution in [0, 0.1) is 0 Å². The molecule has 0 bridgehead atoms. The number of nitrogens with zero attached hydrogens (tertiary/aromatic N) is 1. The first-order valence-electron chi connectivity index (χ1n) is 7.55. The van der Waals surface area contributed by atoms with Crippen molar-refractivity contribution < 1.29 is 24.3 Å². The van der Waals surface area contributed by atoms with Crippen molar-refractivity contribution in [1.29, 1.82) is 0 Å². The van der Waals surface area contributed by atoms with E-state index in [9.17, 15) is 19.2 Å². The maximum atomic E-state index is 12.3. The van der Waals surface area contributed by atoms with E-state index in [1.807, 2.05) is 0 Å². The molecule has 1 aromatic heterocycles. The van der Waals surface area contributed by atoms with E-state index >= 15 is 0 Å². The average Bonchev–Trinajstić information content (AvgIpc) is 3.04. The van der Waals surface area contributed by atoms with E-state index in [4.69, 9.17) is 16.6 Å². The van der Waals surface area contributed by atoms with Gasteiger partial charge in [-0.2, -0.15) is 0 Å². The lowest BCUT2D eigenvalue weighted by Crippen LogP contribution is -2.54. The summed E-state index contributed by atoms with van der Waals surface area (Å²) < 4.78 is 0. The van der Waals surface area contributed by atoms with Gasteiger partial charge in [-0.15, -0.1) is 0 Å². The van der Waals surface area contributed by atoms with Gasteiger partial charge in [-0.1, -0.05) is 0 Å². The molecule has 0 radical (unpaired) electrons. The number of carboxylic acid groups (broad SMARTS) is 1. The van der Waals surface area contributed by atoms with Crippen LogP contribution < -0.4 is 22.1 Å². The van der Waals surface area contributed by atoms with Crippen LogP contribution >= 0.6 is 0 Å². The Bertz CT molecular complexity index is 617. The van der Waals surface area contributed by atoms with E-state index in [0.29, 0.717) is 5.69 Å².